The van der Waals surface area contributed by atoms with Crippen LogP contribution in [-0.4, -0.2) is 179 Å². The van der Waals surface area contributed by atoms with E-state index in [9.17, 15) is 77.6 Å². The van der Waals surface area contributed by atoms with Gasteiger partial charge in [-0.3, -0.25) is 62.5 Å². The maximum atomic E-state index is 13.9. The Bertz CT molecular complexity index is 2160. The molecule has 0 aromatic heterocycles. The van der Waals surface area contributed by atoms with Crippen molar-refractivity contribution in [2.75, 3.05) is 26.2 Å². The summed E-state index contributed by atoms with van der Waals surface area (Å²) in [7, 11) is 0. The highest BCUT2D eigenvalue weighted by atomic mass is 16.4. The molecule has 0 radical (unpaired) electrons. The summed E-state index contributed by atoms with van der Waals surface area (Å²) in [6.07, 6.45) is -1.61. The smallest absolute Gasteiger partial charge is 0.326 e. The van der Waals surface area contributed by atoms with Gasteiger partial charge >= 0.3 is 11.9 Å². The van der Waals surface area contributed by atoms with Crippen molar-refractivity contribution in [2.45, 2.75) is 173 Å². The minimum Gasteiger partial charge on any atom is -0.481 e. The third-order valence-corrected chi connectivity index (χ3v) is 11.9. The summed E-state index contributed by atoms with van der Waals surface area (Å²) in [5, 5.41) is 50.6. The second-order valence-corrected chi connectivity index (χ2v) is 20.0. The zero-order chi connectivity index (χ0) is 61.4. The van der Waals surface area contributed by atoms with E-state index >= 15 is 0 Å². The third-order valence-electron chi connectivity index (χ3n) is 11.9. The number of amides is 11. The summed E-state index contributed by atoms with van der Waals surface area (Å²) >= 11 is 0. The number of unbranched alkanes of at least 4 members (excludes halogenated alkanes) is 1. The molecule has 0 aliphatic carbocycles. The van der Waals surface area contributed by atoms with Gasteiger partial charge in [-0.15, -0.1) is 0 Å². The normalized spacial score (nSPS) is 14.8. The molecule has 11 amide bonds. The number of rotatable bonds is 41. The molecule has 32 nitrogen and oxygen atoms in total. The van der Waals surface area contributed by atoms with Gasteiger partial charge in [0.05, 0.1) is 32.0 Å². The minimum atomic E-state index is -1.86. The van der Waals surface area contributed by atoms with Gasteiger partial charge in [0, 0.05) is 13.0 Å². The van der Waals surface area contributed by atoms with E-state index in [2.05, 4.69) is 52.8 Å². The molecule has 24 N–H and O–H groups in total. The average molecular weight is 1140 g/mol. The largest absolute Gasteiger partial charge is 0.481 e. The second-order valence-electron chi connectivity index (χ2n) is 20.0. The van der Waals surface area contributed by atoms with Gasteiger partial charge in [0.2, 0.25) is 65.0 Å². The van der Waals surface area contributed by atoms with E-state index in [-0.39, 0.29) is 63.0 Å². The predicted molar refractivity (Wildman–Crippen MR) is 287 cm³/mol. The van der Waals surface area contributed by atoms with Crippen molar-refractivity contribution < 1.29 is 77.6 Å². The summed E-state index contributed by atoms with van der Waals surface area (Å²) in [6.45, 7) is 8.47. The highest BCUT2D eigenvalue weighted by molar-refractivity contribution is 5.99. The molecule has 0 bridgehead atoms. The molecule has 0 saturated heterocycles. The molecule has 32 heteroatoms. The Balaban J connectivity index is 6.46. The Morgan fingerprint density at radius 3 is 1.46 bits per heavy atom. The summed E-state index contributed by atoms with van der Waals surface area (Å²) < 4.78 is 0. The van der Waals surface area contributed by atoms with Crippen LogP contribution in [0.25, 0.3) is 0 Å². The van der Waals surface area contributed by atoms with Gasteiger partial charge in [-0.25, -0.2) is 4.79 Å². The Hall–Kier alpha value is -7.74. The second kappa shape index (κ2) is 38.0. The quantitative estimate of drug-likeness (QED) is 0.0154. The van der Waals surface area contributed by atoms with Gasteiger partial charge in [0.1, 0.15) is 48.3 Å². The number of nitrogens with zero attached hydrogens (tertiary/aromatic N) is 1. The molecule has 0 aliphatic rings. The predicted octanol–water partition coefficient (Wildman–Crippen LogP) is -6.68. The first-order chi connectivity index (χ1) is 37.4. The number of hydrogen-bond donors (Lipinski definition) is 18. The fourth-order valence-corrected chi connectivity index (χ4v) is 7.50. The SMILES string of the molecule is CC[C@H](C)[C@H](NC(=O)[C@@H](N)CC(N)=O)C(=O)N[C@@H](CC(C)C)C(=O)N[C@@H](CCCN=C(N)N)C(=O)NCC(=O)N[C@@H](CCC(=O)O)C(=O)N[C@@H](CO)C(=O)N[C@@H](CC(C)C)C(=O)N[C@@H](CC(N)=O)C(=O)N[C@@H](CCCCN)C(=O)O. The van der Waals surface area contributed by atoms with Gasteiger partial charge in [-0.2, -0.15) is 0 Å². The fraction of sp³-hybridized carbons (Fsp3) is 0.708. The molecule has 0 rings (SSSR count). The van der Waals surface area contributed by atoms with Gasteiger partial charge in [0.25, 0.3) is 0 Å². The Labute approximate surface area is 463 Å². The molecular formula is C48H86N16O16. The number of aliphatic carboxylic acids is 2. The molecular weight excluding hydrogens is 1060 g/mol. The van der Waals surface area contributed by atoms with Crippen LogP contribution in [0.1, 0.15) is 119 Å². The van der Waals surface area contributed by atoms with Crippen LogP contribution in [0.2, 0.25) is 0 Å². The molecule has 454 valence electrons. The number of hydrogen-bond acceptors (Lipinski definition) is 17. The lowest BCUT2D eigenvalue weighted by atomic mass is 9.96. The molecule has 0 saturated carbocycles. The van der Waals surface area contributed by atoms with E-state index in [0.29, 0.717) is 19.3 Å². The van der Waals surface area contributed by atoms with E-state index in [0.717, 1.165) is 0 Å². The zero-order valence-corrected chi connectivity index (χ0v) is 46.3. The van der Waals surface area contributed by atoms with Crippen molar-refractivity contribution in [2.24, 2.45) is 57.1 Å². The van der Waals surface area contributed by atoms with Crippen LogP contribution in [0.3, 0.4) is 0 Å². The number of aliphatic hydroxyl groups excluding tert-OH is 1. The Morgan fingerprint density at radius 1 is 0.512 bits per heavy atom. The third kappa shape index (κ3) is 29.8. The first kappa shape index (κ1) is 72.3. The molecule has 0 aromatic rings. The summed E-state index contributed by atoms with van der Waals surface area (Å²) in [6, 6.07) is -13.5. The molecule has 0 aromatic carbocycles. The number of nitrogens with two attached hydrogens (primary N) is 6. The lowest BCUT2D eigenvalue weighted by Gasteiger charge is -2.29. The molecule has 10 atom stereocenters. The van der Waals surface area contributed by atoms with Gasteiger partial charge in [0.15, 0.2) is 5.96 Å². The minimum absolute atomic E-state index is 0.00910. The highest BCUT2D eigenvalue weighted by Gasteiger charge is 2.36. The van der Waals surface area contributed by atoms with E-state index in [1.807, 2.05) is 0 Å². The summed E-state index contributed by atoms with van der Waals surface area (Å²) in [5.41, 5.74) is 32.6. The number of carboxylic acid groups (broad SMARTS) is 2. The molecule has 0 aliphatic heterocycles. The van der Waals surface area contributed by atoms with Crippen LogP contribution < -0.4 is 82.3 Å². The Morgan fingerprint density at radius 2 is 0.975 bits per heavy atom. The van der Waals surface area contributed by atoms with Crippen LogP contribution in [0.15, 0.2) is 4.99 Å². The molecule has 0 heterocycles. The van der Waals surface area contributed by atoms with Crippen LogP contribution >= 0.6 is 0 Å². The first-order valence-electron chi connectivity index (χ1n) is 26.2. The zero-order valence-electron chi connectivity index (χ0n) is 46.3. The van der Waals surface area contributed by atoms with Crippen molar-refractivity contribution in [1.82, 2.24) is 47.9 Å². The number of aliphatic imine (C=N–C) groups is 1. The monoisotopic (exact) mass is 1140 g/mol. The van der Waals surface area contributed by atoms with Gasteiger partial charge in [-0.1, -0.05) is 48.0 Å². The maximum Gasteiger partial charge on any atom is 0.326 e. The number of nitrogens with one attached hydrogen (secondary N) is 9. The first-order valence-corrected chi connectivity index (χ1v) is 26.2. The lowest BCUT2D eigenvalue weighted by molar-refractivity contribution is -0.142. The van der Waals surface area contributed by atoms with Crippen molar-refractivity contribution in [3.05, 3.63) is 0 Å². The maximum absolute atomic E-state index is 13.9. The molecule has 0 spiro atoms. The highest BCUT2D eigenvalue weighted by Crippen LogP contribution is 2.13. The number of carboxylic acids is 2. The number of primary amides is 2. The molecule has 0 fully saturated rings. The molecule has 80 heavy (non-hydrogen) atoms. The van der Waals surface area contributed by atoms with Crippen LogP contribution in [0.5, 0.6) is 0 Å². The Kier molecular flexibility index (Phi) is 34.3. The van der Waals surface area contributed by atoms with Crippen LogP contribution in [0, 0.1) is 17.8 Å². The molecule has 0 unspecified atom stereocenters. The van der Waals surface area contributed by atoms with Crippen LogP contribution in [-0.2, 0) is 62.3 Å². The number of carbonyl (C=O) groups is 13. The number of carbonyl (C=O) groups excluding carboxylic acids is 11. The average Bonchev–Trinajstić information content (AvgIpc) is 3.36. The van der Waals surface area contributed by atoms with Crippen molar-refractivity contribution in [3.63, 3.8) is 0 Å². The lowest BCUT2D eigenvalue weighted by Crippen LogP contribution is -2.60. The fourth-order valence-electron chi connectivity index (χ4n) is 7.50. The van der Waals surface area contributed by atoms with E-state index in [4.69, 9.17) is 34.4 Å². The summed E-state index contributed by atoms with van der Waals surface area (Å²) in [4.78, 5) is 172. The van der Waals surface area contributed by atoms with Crippen molar-refractivity contribution >= 4 is 82.9 Å². The van der Waals surface area contributed by atoms with Crippen molar-refractivity contribution in [1.29, 1.82) is 0 Å². The van der Waals surface area contributed by atoms with Gasteiger partial charge < -0.3 is 97.6 Å². The van der Waals surface area contributed by atoms with E-state index < -0.39 is 176 Å². The van der Waals surface area contributed by atoms with Crippen molar-refractivity contribution in [3.8, 4) is 0 Å². The van der Waals surface area contributed by atoms with E-state index in [1.54, 1.807) is 41.5 Å². The van der Waals surface area contributed by atoms with Crippen LogP contribution in [0.4, 0.5) is 0 Å². The topological polar surface area (TPSA) is 559 Å². The number of aliphatic hydroxyl groups is 1. The van der Waals surface area contributed by atoms with Gasteiger partial charge in [-0.05, 0) is 75.7 Å². The standard InChI is InChI=1S/C48H86N16O16/c1-7-25(6)38(64-39(71)26(50)19-34(51)66)46(78)62-31(18-24(4)5)42(74)58-27(12-10-16-55-48(53)54)40(72)56-21-36(68)57-28(13-14-37(69)70)41(73)63-33(22-65)45(77)60-30(17-23(2)3)43(75)61-32(20-35(52)67)44(76)59-29(47(79)80)11-8-9-15-49/h23-33,38,65H,7-22,49-50H2,1-6H3,(H2,51,66)(H2,52,67)(H,56,72)(H,57,68)(H,58,74)(H,59,76)(H,60,77)(H,61,75)(H,62,78)(H,63,73)(H,64,71)(H,69,70)(H,79,80)(H4,53,54,55)/t25-,26-,27-,28-,29-,30-,31-,32-,33-,38-/m0/s1. The van der Waals surface area contributed by atoms with E-state index in [1.165, 1.54) is 0 Å². The number of guanidine groups is 1. The summed E-state index contributed by atoms with van der Waals surface area (Å²) in [5.74, 6) is -15.0.